The number of thiazole rings is 1. The Labute approximate surface area is 137 Å². The number of hydrogen-bond donors (Lipinski definition) is 0. The molecule has 0 aliphatic rings. The van der Waals surface area contributed by atoms with Crippen molar-refractivity contribution in [2.45, 2.75) is 18.2 Å². The van der Waals surface area contributed by atoms with E-state index in [1.165, 1.54) is 23.9 Å². The lowest BCUT2D eigenvalue weighted by molar-refractivity contribution is 0.956. The molecule has 3 rings (SSSR count). The highest BCUT2D eigenvalue weighted by molar-refractivity contribution is 9.11. The summed E-state index contributed by atoms with van der Waals surface area (Å²) in [5, 5.41) is 1.19. The summed E-state index contributed by atoms with van der Waals surface area (Å²) in [5.74, 6) is 0. The summed E-state index contributed by atoms with van der Waals surface area (Å²) in [7, 11) is 0. The van der Waals surface area contributed by atoms with Crippen LogP contribution >= 0.6 is 54.5 Å². The Morgan fingerprint density at radius 3 is 2.74 bits per heavy atom. The van der Waals surface area contributed by atoms with Crippen LogP contribution in [0.25, 0.3) is 10.2 Å². The quantitative estimate of drug-likeness (QED) is 0.469. The summed E-state index contributed by atoms with van der Waals surface area (Å²) in [6.07, 6.45) is 0.936. The molecule has 1 aromatic carbocycles. The lowest BCUT2D eigenvalue weighted by Crippen LogP contribution is -1.91. The summed E-state index contributed by atoms with van der Waals surface area (Å²) in [6.45, 7) is 2.13. The highest BCUT2D eigenvalue weighted by Gasteiger charge is 2.15. The van der Waals surface area contributed by atoms with Crippen LogP contribution in [0, 0.1) is 6.92 Å². The van der Waals surface area contributed by atoms with E-state index in [2.05, 4.69) is 68.0 Å². The van der Waals surface area contributed by atoms with Crippen LogP contribution in [0.3, 0.4) is 0 Å². The van der Waals surface area contributed by atoms with E-state index >= 15 is 0 Å². The Balaban J connectivity index is 1.84. The third kappa shape index (κ3) is 2.94. The van der Waals surface area contributed by atoms with Gasteiger partial charge in [-0.1, -0.05) is 28.1 Å². The minimum Gasteiger partial charge on any atom is -0.241 e. The third-order valence-corrected chi connectivity index (χ3v) is 7.31. The second-order valence-corrected chi connectivity index (χ2v) is 8.97. The van der Waals surface area contributed by atoms with E-state index in [-0.39, 0.29) is 0 Å². The Kier molecular flexibility index (Phi) is 4.08. The van der Waals surface area contributed by atoms with Gasteiger partial charge >= 0.3 is 0 Å². The van der Waals surface area contributed by atoms with Gasteiger partial charge in [-0.3, -0.25) is 0 Å². The number of para-hydroxylation sites is 1. The molecule has 1 atom stereocenters. The number of nitrogens with zero attached hydrogens (tertiary/aromatic N) is 1. The Hall–Kier alpha value is -0.230. The first-order valence-corrected chi connectivity index (χ1v) is 9.22. The lowest BCUT2D eigenvalue weighted by atomic mass is 10.2. The minimum absolute atomic E-state index is 0.336. The fourth-order valence-corrected chi connectivity index (χ4v) is 5.39. The van der Waals surface area contributed by atoms with Gasteiger partial charge in [-0.2, -0.15) is 0 Å². The summed E-state index contributed by atoms with van der Waals surface area (Å²) in [5.41, 5.74) is 2.40. The van der Waals surface area contributed by atoms with E-state index in [9.17, 15) is 0 Å². The number of thiophene rings is 1. The number of fused-ring (bicyclic) bond motifs is 1. The predicted molar refractivity (Wildman–Crippen MR) is 91.7 cm³/mol. The van der Waals surface area contributed by atoms with Crippen molar-refractivity contribution >= 4 is 64.8 Å². The Bertz CT molecular complexity index is 665. The molecule has 0 saturated carbocycles. The van der Waals surface area contributed by atoms with Crippen LogP contribution in [-0.2, 0) is 6.42 Å². The average molecular weight is 417 g/mol. The molecule has 1 unspecified atom stereocenters. The SMILES string of the molecule is Cc1cc(C(Br)Cc2nc3ccccc3s2)sc1Br. The number of hydrogen-bond acceptors (Lipinski definition) is 3. The van der Waals surface area contributed by atoms with Gasteiger partial charge in [-0.05, 0) is 46.6 Å². The molecule has 0 fully saturated rings. The number of aromatic nitrogens is 1. The molecule has 1 nitrogen and oxygen atoms in total. The molecular formula is C14H11Br2NS2. The summed E-state index contributed by atoms with van der Waals surface area (Å²) in [6, 6.07) is 10.5. The maximum Gasteiger partial charge on any atom is 0.0953 e. The molecule has 0 saturated heterocycles. The van der Waals surface area contributed by atoms with Crippen molar-refractivity contribution < 1.29 is 0 Å². The monoisotopic (exact) mass is 415 g/mol. The second kappa shape index (κ2) is 5.64. The van der Waals surface area contributed by atoms with E-state index in [4.69, 9.17) is 0 Å². The summed E-state index contributed by atoms with van der Waals surface area (Å²) >= 11 is 10.9. The largest absolute Gasteiger partial charge is 0.241 e. The number of rotatable bonds is 3. The van der Waals surface area contributed by atoms with Gasteiger partial charge in [0.15, 0.2) is 0 Å². The molecule has 19 heavy (non-hydrogen) atoms. The first-order chi connectivity index (χ1) is 9.13. The van der Waals surface area contributed by atoms with Crippen LogP contribution in [0.5, 0.6) is 0 Å². The number of halogens is 2. The Morgan fingerprint density at radius 1 is 1.26 bits per heavy atom. The molecule has 0 radical (unpaired) electrons. The van der Waals surface area contributed by atoms with Crippen molar-refractivity contribution in [3.63, 3.8) is 0 Å². The van der Waals surface area contributed by atoms with Crippen molar-refractivity contribution in [3.8, 4) is 0 Å². The van der Waals surface area contributed by atoms with Gasteiger partial charge in [0.25, 0.3) is 0 Å². The maximum atomic E-state index is 4.69. The van der Waals surface area contributed by atoms with E-state index in [1.54, 1.807) is 22.7 Å². The van der Waals surface area contributed by atoms with E-state index in [1.807, 2.05) is 6.07 Å². The van der Waals surface area contributed by atoms with Gasteiger partial charge in [0.1, 0.15) is 0 Å². The van der Waals surface area contributed by atoms with Crippen molar-refractivity contribution in [2.75, 3.05) is 0 Å². The standard InChI is InChI=1S/C14H11Br2NS2/c1-8-6-12(19-14(8)16)9(15)7-13-17-10-4-2-3-5-11(10)18-13/h2-6,9H,7H2,1H3. The van der Waals surface area contributed by atoms with Gasteiger partial charge in [-0.15, -0.1) is 22.7 Å². The molecule has 0 aliphatic carbocycles. The van der Waals surface area contributed by atoms with Gasteiger partial charge in [-0.25, -0.2) is 4.98 Å². The maximum absolute atomic E-state index is 4.69. The third-order valence-electron chi connectivity index (χ3n) is 2.88. The van der Waals surface area contributed by atoms with Crippen molar-refractivity contribution in [3.05, 3.63) is 49.6 Å². The molecule has 2 aromatic heterocycles. The van der Waals surface area contributed by atoms with Crippen molar-refractivity contribution in [2.24, 2.45) is 0 Å². The van der Waals surface area contributed by atoms with E-state index < -0.39 is 0 Å². The van der Waals surface area contributed by atoms with Gasteiger partial charge in [0.05, 0.1) is 23.8 Å². The highest BCUT2D eigenvalue weighted by atomic mass is 79.9. The summed E-state index contributed by atoms with van der Waals surface area (Å²) in [4.78, 5) is 6.38. The molecular weight excluding hydrogens is 406 g/mol. The van der Waals surface area contributed by atoms with Crippen LogP contribution in [0.2, 0.25) is 0 Å². The fraction of sp³-hybridized carbons (Fsp3) is 0.214. The molecule has 5 heteroatoms. The van der Waals surface area contributed by atoms with Crippen LogP contribution in [-0.4, -0.2) is 4.98 Å². The highest BCUT2D eigenvalue weighted by Crippen LogP contribution is 2.38. The molecule has 2 heterocycles. The van der Waals surface area contributed by atoms with Crippen LogP contribution in [0.1, 0.15) is 20.3 Å². The zero-order chi connectivity index (χ0) is 13.4. The average Bonchev–Trinajstić information content (AvgIpc) is 2.93. The fourth-order valence-electron chi connectivity index (χ4n) is 1.90. The van der Waals surface area contributed by atoms with Crippen LogP contribution < -0.4 is 0 Å². The zero-order valence-corrected chi connectivity index (χ0v) is 15.0. The first kappa shape index (κ1) is 13.7. The van der Waals surface area contributed by atoms with Crippen molar-refractivity contribution in [1.29, 1.82) is 0 Å². The smallest absolute Gasteiger partial charge is 0.0953 e. The van der Waals surface area contributed by atoms with Crippen LogP contribution in [0.15, 0.2) is 34.1 Å². The Morgan fingerprint density at radius 2 is 2.05 bits per heavy atom. The summed E-state index contributed by atoms with van der Waals surface area (Å²) < 4.78 is 2.48. The molecule has 3 aromatic rings. The van der Waals surface area contributed by atoms with Crippen molar-refractivity contribution in [1.82, 2.24) is 4.98 Å². The zero-order valence-electron chi connectivity index (χ0n) is 10.2. The number of benzene rings is 1. The predicted octanol–water partition coefficient (Wildman–Crippen LogP) is 6.11. The normalized spacial score (nSPS) is 13.0. The minimum atomic E-state index is 0.336. The van der Waals surface area contributed by atoms with E-state index in [0.29, 0.717) is 4.83 Å². The van der Waals surface area contributed by atoms with Gasteiger partial charge < -0.3 is 0 Å². The van der Waals surface area contributed by atoms with Gasteiger partial charge in [0.2, 0.25) is 0 Å². The van der Waals surface area contributed by atoms with E-state index in [0.717, 1.165) is 11.9 Å². The lowest BCUT2D eigenvalue weighted by Gasteiger charge is -2.03. The molecule has 0 bridgehead atoms. The molecule has 0 N–H and O–H groups in total. The second-order valence-electron chi connectivity index (χ2n) is 4.35. The molecule has 98 valence electrons. The van der Waals surface area contributed by atoms with Gasteiger partial charge in [0, 0.05) is 11.3 Å². The topological polar surface area (TPSA) is 12.9 Å². The number of aryl methyl sites for hydroxylation is 1. The van der Waals surface area contributed by atoms with Crippen LogP contribution in [0.4, 0.5) is 0 Å². The first-order valence-electron chi connectivity index (χ1n) is 5.88. The molecule has 0 amide bonds. The molecule has 0 aliphatic heterocycles. The molecule has 0 spiro atoms. The number of alkyl halides is 1.